The highest BCUT2D eigenvalue weighted by atomic mass is 16.3. The van der Waals surface area contributed by atoms with Crippen LogP contribution in [0.3, 0.4) is 0 Å². The molecule has 0 fully saturated rings. The van der Waals surface area contributed by atoms with Gasteiger partial charge >= 0.3 is 0 Å². The Hall–Kier alpha value is -1.55. The van der Waals surface area contributed by atoms with E-state index in [1.807, 2.05) is 6.07 Å². The molecule has 0 unspecified atom stereocenters. The minimum atomic E-state index is -0.0586. The summed E-state index contributed by atoms with van der Waals surface area (Å²) in [5.41, 5.74) is 0.778. The lowest BCUT2D eigenvalue weighted by Crippen LogP contribution is -2.25. The van der Waals surface area contributed by atoms with Crippen molar-refractivity contribution >= 4 is 5.91 Å². The number of hydrogen-bond acceptors (Lipinski definition) is 3. The minimum absolute atomic E-state index is 0.0586. The van der Waals surface area contributed by atoms with Crippen molar-refractivity contribution < 1.29 is 15.0 Å². The lowest BCUT2D eigenvalue weighted by atomic mass is 10.1. The number of benzene rings is 1. The fourth-order valence-electron chi connectivity index (χ4n) is 1.37. The third-order valence-corrected chi connectivity index (χ3v) is 2.27. The summed E-state index contributed by atoms with van der Waals surface area (Å²) in [4.78, 5) is 11.3. The molecule has 0 aromatic heterocycles. The van der Waals surface area contributed by atoms with Gasteiger partial charge in [-0.1, -0.05) is 18.2 Å². The number of aliphatic hydroxyl groups is 1. The number of para-hydroxylation sites is 1. The van der Waals surface area contributed by atoms with Crippen LogP contribution in [0, 0.1) is 0 Å². The molecule has 0 spiro atoms. The molecule has 0 aliphatic carbocycles. The van der Waals surface area contributed by atoms with Crippen molar-refractivity contribution in [3.05, 3.63) is 29.8 Å². The van der Waals surface area contributed by atoms with Gasteiger partial charge in [0.05, 0.1) is 0 Å². The van der Waals surface area contributed by atoms with E-state index in [2.05, 4.69) is 5.32 Å². The standard InChI is InChI=1S/C12H17NO3/c14-9-3-8-13-12(16)7-6-10-4-1-2-5-11(10)15/h1-2,4-5,14-15H,3,6-9H2,(H,13,16). The van der Waals surface area contributed by atoms with Gasteiger partial charge in [-0.3, -0.25) is 4.79 Å². The van der Waals surface area contributed by atoms with Crippen molar-refractivity contribution in [2.75, 3.05) is 13.2 Å². The number of aryl methyl sites for hydroxylation is 1. The molecule has 0 radical (unpaired) electrons. The zero-order valence-corrected chi connectivity index (χ0v) is 9.15. The average Bonchev–Trinajstić information content (AvgIpc) is 2.28. The van der Waals surface area contributed by atoms with E-state index in [4.69, 9.17) is 5.11 Å². The van der Waals surface area contributed by atoms with Gasteiger partial charge in [-0.25, -0.2) is 0 Å². The number of hydrogen-bond donors (Lipinski definition) is 3. The third-order valence-electron chi connectivity index (χ3n) is 2.27. The maximum atomic E-state index is 11.3. The second-order valence-corrected chi connectivity index (χ2v) is 3.56. The Balaban J connectivity index is 2.29. The number of aliphatic hydroxyl groups excluding tert-OH is 1. The van der Waals surface area contributed by atoms with Crippen molar-refractivity contribution in [2.24, 2.45) is 0 Å². The summed E-state index contributed by atoms with van der Waals surface area (Å²) in [5.74, 6) is 0.169. The number of nitrogens with one attached hydrogen (secondary N) is 1. The Morgan fingerprint density at radius 2 is 2.06 bits per heavy atom. The van der Waals surface area contributed by atoms with E-state index >= 15 is 0 Å². The van der Waals surface area contributed by atoms with Gasteiger partial charge in [-0.05, 0) is 24.5 Å². The second-order valence-electron chi connectivity index (χ2n) is 3.56. The predicted molar refractivity (Wildman–Crippen MR) is 61.1 cm³/mol. The van der Waals surface area contributed by atoms with Crippen LogP contribution in [-0.2, 0) is 11.2 Å². The number of carbonyl (C=O) groups is 1. The van der Waals surface area contributed by atoms with Crippen molar-refractivity contribution in [1.29, 1.82) is 0 Å². The largest absolute Gasteiger partial charge is 0.508 e. The van der Waals surface area contributed by atoms with E-state index in [0.717, 1.165) is 5.56 Å². The fraction of sp³-hybridized carbons (Fsp3) is 0.417. The van der Waals surface area contributed by atoms with Crippen molar-refractivity contribution in [2.45, 2.75) is 19.3 Å². The lowest BCUT2D eigenvalue weighted by molar-refractivity contribution is -0.121. The molecule has 3 N–H and O–H groups in total. The highest BCUT2D eigenvalue weighted by Crippen LogP contribution is 2.16. The molecule has 4 nitrogen and oxygen atoms in total. The van der Waals surface area contributed by atoms with Crippen molar-refractivity contribution in [3.8, 4) is 5.75 Å². The molecule has 88 valence electrons. The Morgan fingerprint density at radius 1 is 1.31 bits per heavy atom. The summed E-state index contributed by atoms with van der Waals surface area (Å²) < 4.78 is 0. The predicted octanol–water partition coefficient (Wildman–Crippen LogP) is 0.823. The molecule has 1 aromatic rings. The molecule has 0 saturated heterocycles. The van der Waals surface area contributed by atoms with E-state index in [0.29, 0.717) is 25.8 Å². The van der Waals surface area contributed by atoms with E-state index in [9.17, 15) is 9.90 Å². The van der Waals surface area contributed by atoms with E-state index in [1.54, 1.807) is 18.2 Å². The quantitative estimate of drug-likeness (QED) is 0.625. The summed E-state index contributed by atoms with van der Waals surface area (Å²) in [6.07, 6.45) is 1.45. The van der Waals surface area contributed by atoms with Crippen LogP contribution in [0.25, 0.3) is 0 Å². The molecule has 16 heavy (non-hydrogen) atoms. The highest BCUT2D eigenvalue weighted by molar-refractivity contribution is 5.76. The average molecular weight is 223 g/mol. The maximum absolute atomic E-state index is 11.3. The van der Waals surface area contributed by atoms with Crippen LogP contribution in [0.1, 0.15) is 18.4 Å². The Labute approximate surface area is 94.9 Å². The van der Waals surface area contributed by atoms with Gasteiger partial charge in [0.25, 0.3) is 0 Å². The first-order valence-corrected chi connectivity index (χ1v) is 5.38. The molecule has 1 aromatic carbocycles. The van der Waals surface area contributed by atoms with Crippen LogP contribution < -0.4 is 5.32 Å². The van der Waals surface area contributed by atoms with Gasteiger partial charge in [-0.2, -0.15) is 0 Å². The topological polar surface area (TPSA) is 69.6 Å². The number of phenolic OH excluding ortho intramolecular Hbond substituents is 1. The zero-order chi connectivity index (χ0) is 11.8. The van der Waals surface area contributed by atoms with Crippen molar-refractivity contribution in [1.82, 2.24) is 5.32 Å². The van der Waals surface area contributed by atoms with Crippen LogP contribution >= 0.6 is 0 Å². The second kappa shape index (κ2) is 6.85. The first-order chi connectivity index (χ1) is 7.74. The molecular formula is C12H17NO3. The summed E-state index contributed by atoms with van der Waals surface area (Å²) in [6, 6.07) is 6.99. The van der Waals surface area contributed by atoms with Crippen LogP contribution in [-0.4, -0.2) is 29.3 Å². The molecule has 0 heterocycles. The Bertz CT molecular complexity index is 339. The number of phenols is 1. The molecule has 0 saturated carbocycles. The van der Waals surface area contributed by atoms with E-state index < -0.39 is 0 Å². The number of aromatic hydroxyl groups is 1. The smallest absolute Gasteiger partial charge is 0.220 e. The molecule has 1 rings (SSSR count). The van der Waals surface area contributed by atoms with E-state index in [1.165, 1.54) is 0 Å². The van der Waals surface area contributed by atoms with Gasteiger partial charge in [-0.15, -0.1) is 0 Å². The van der Waals surface area contributed by atoms with Crippen LogP contribution in [0.4, 0.5) is 0 Å². The minimum Gasteiger partial charge on any atom is -0.508 e. The fourth-order valence-corrected chi connectivity index (χ4v) is 1.37. The van der Waals surface area contributed by atoms with Crippen LogP contribution in [0.5, 0.6) is 5.75 Å². The summed E-state index contributed by atoms with van der Waals surface area (Å²) in [7, 11) is 0. The van der Waals surface area contributed by atoms with E-state index in [-0.39, 0.29) is 18.3 Å². The van der Waals surface area contributed by atoms with Crippen LogP contribution in [0.15, 0.2) is 24.3 Å². The lowest BCUT2D eigenvalue weighted by Gasteiger charge is -2.05. The normalized spacial score (nSPS) is 10.1. The number of amides is 1. The first-order valence-electron chi connectivity index (χ1n) is 5.38. The van der Waals surface area contributed by atoms with Crippen molar-refractivity contribution in [3.63, 3.8) is 0 Å². The maximum Gasteiger partial charge on any atom is 0.220 e. The first kappa shape index (κ1) is 12.5. The summed E-state index contributed by atoms with van der Waals surface area (Å²) in [5, 5.41) is 20.7. The Kier molecular flexibility index (Phi) is 5.36. The van der Waals surface area contributed by atoms with Gasteiger partial charge in [0.1, 0.15) is 5.75 Å². The molecule has 0 bridgehead atoms. The number of rotatable bonds is 6. The Morgan fingerprint density at radius 3 is 2.75 bits per heavy atom. The van der Waals surface area contributed by atoms with Gasteiger partial charge < -0.3 is 15.5 Å². The van der Waals surface area contributed by atoms with Crippen LogP contribution in [0.2, 0.25) is 0 Å². The SMILES string of the molecule is O=C(CCc1ccccc1O)NCCCO. The zero-order valence-electron chi connectivity index (χ0n) is 9.15. The summed E-state index contributed by atoms with van der Waals surface area (Å²) >= 11 is 0. The third kappa shape index (κ3) is 4.31. The van der Waals surface area contributed by atoms with Gasteiger partial charge in [0, 0.05) is 19.6 Å². The molecule has 1 amide bonds. The monoisotopic (exact) mass is 223 g/mol. The molecule has 0 aliphatic heterocycles. The molecular weight excluding hydrogens is 206 g/mol. The highest BCUT2D eigenvalue weighted by Gasteiger charge is 2.04. The molecule has 4 heteroatoms. The number of carbonyl (C=O) groups excluding carboxylic acids is 1. The molecule has 0 atom stereocenters. The summed E-state index contributed by atoms with van der Waals surface area (Å²) in [6.45, 7) is 0.579. The molecule has 0 aliphatic rings. The van der Waals surface area contributed by atoms with Gasteiger partial charge in [0.15, 0.2) is 0 Å². The van der Waals surface area contributed by atoms with Gasteiger partial charge in [0.2, 0.25) is 5.91 Å².